The fourth-order valence-electron chi connectivity index (χ4n) is 11.7. The summed E-state index contributed by atoms with van der Waals surface area (Å²) in [6.07, 6.45) is 14.5. The number of rotatable bonds is 23. The quantitative estimate of drug-likeness (QED) is 0.0302. The van der Waals surface area contributed by atoms with Crippen LogP contribution < -0.4 is 52.0 Å². The van der Waals surface area contributed by atoms with E-state index in [0.717, 1.165) is 69.0 Å². The number of likely N-dealkylation sites (tertiary alicyclic amines) is 2. The van der Waals surface area contributed by atoms with Crippen molar-refractivity contribution < 1.29 is 38.2 Å². The minimum absolute atomic E-state index is 0.0337. The van der Waals surface area contributed by atoms with Crippen LogP contribution in [-0.2, 0) is 13.1 Å². The summed E-state index contributed by atoms with van der Waals surface area (Å²) in [4.78, 5) is 81.2. The number of ether oxygens (including phenoxy) is 2. The van der Waals surface area contributed by atoms with Gasteiger partial charge in [-0.25, -0.2) is 9.59 Å². The third-order valence-electron chi connectivity index (χ3n) is 16.8. The Bertz CT molecular complexity index is 4130. The predicted octanol–water partition coefficient (Wildman–Crippen LogP) is 14.7. The van der Waals surface area contributed by atoms with Crippen molar-refractivity contribution in [2.75, 3.05) is 61.0 Å². The number of hydrogen-bond donors (Lipinski definition) is 8. The molecule has 20 nitrogen and oxygen atoms in total. The van der Waals surface area contributed by atoms with Crippen LogP contribution in [0.25, 0.3) is 22.3 Å². The van der Waals surface area contributed by atoms with Gasteiger partial charge in [0.15, 0.2) is 0 Å². The molecule has 20 heteroatoms. The van der Waals surface area contributed by atoms with E-state index in [-0.39, 0.29) is 58.9 Å². The highest BCUT2D eigenvalue weighted by atomic mass is 16.5. The number of benzene rings is 7. The van der Waals surface area contributed by atoms with Gasteiger partial charge in [-0.2, -0.15) is 0 Å². The molecule has 11 rings (SSSR count). The number of nitrogens with one attached hydrogen (secondary N) is 8. The highest BCUT2D eigenvalue weighted by Gasteiger charge is 2.21. The Morgan fingerprint density at radius 2 is 0.990 bits per heavy atom. The lowest BCUT2D eigenvalue weighted by Crippen LogP contribution is -2.37. The van der Waals surface area contributed by atoms with Gasteiger partial charge in [0.05, 0.1) is 16.6 Å². The number of urea groups is 2. The van der Waals surface area contributed by atoms with E-state index >= 15 is 0 Å². The number of piperidine rings is 1. The normalized spacial score (nSPS) is 13.1. The Morgan fingerprint density at radius 3 is 1.52 bits per heavy atom. The lowest BCUT2D eigenvalue weighted by Gasteiger charge is -2.25. The van der Waals surface area contributed by atoms with Gasteiger partial charge in [-0.3, -0.25) is 29.0 Å². The Hall–Kier alpha value is -10.7. The van der Waals surface area contributed by atoms with Crippen molar-refractivity contribution >= 4 is 69.3 Å². The zero-order chi connectivity index (χ0) is 67.5. The third-order valence-corrected chi connectivity index (χ3v) is 16.8. The van der Waals surface area contributed by atoms with Crippen LogP contribution in [0.15, 0.2) is 182 Å². The first-order valence-electron chi connectivity index (χ1n) is 33.2. The monoisotopic (exact) mass is 1290 g/mol. The number of carbonyl (C=O) groups is 6. The molecular formula is C76H86N12O8. The van der Waals surface area contributed by atoms with Gasteiger partial charge in [-0.05, 0) is 242 Å². The number of nitrogens with zero attached hydrogens (tertiary/aromatic N) is 4. The zero-order valence-corrected chi connectivity index (χ0v) is 55.4. The molecule has 8 amide bonds. The summed E-state index contributed by atoms with van der Waals surface area (Å²) in [6, 6.07) is 48.7. The summed E-state index contributed by atoms with van der Waals surface area (Å²) in [6.45, 7) is 16.5. The van der Waals surface area contributed by atoms with Crippen molar-refractivity contribution in [1.29, 1.82) is 0 Å². The fourth-order valence-corrected chi connectivity index (χ4v) is 11.7. The molecule has 0 atom stereocenters. The van der Waals surface area contributed by atoms with Crippen LogP contribution in [0, 0.1) is 0 Å². The predicted molar refractivity (Wildman–Crippen MR) is 380 cm³/mol. The maximum absolute atomic E-state index is 13.1. The lowest BCUT2D eigenvalue weighted by atomic mass is 10.1. The molecule has 0 unspecified atom stereocenters. The minimum Gasteiger partial charge on any atom is -0.457 e. The molecule has 0 spiro atoms. The van der Waals surface area contributed by atoms with Crippen LogP contribution in [0.4, 0.5) is 32.3 Å². The minimum atomic E-state index is -0.369. The number of anilines is 4. The smallest absolute Gasteiger partial charge is 0.319 e. The van der Waals surface area contributed by atoms with Gasteiger partial charge in [-0.15, -0.1) is 0 Å². The van der Waals surface area contributed by atoms with Crippen molar-refractivity contribution in [1.82, 2.24) is 40.2 Å². The van der Waals surface area contributed by atoms with Crippen LogP contribution in [0.5, 0.6) is 23.0 Å². The number of amides is 8. The van der Waals surface area contributed by atoms with E-state index in [0.29, 0.717) is 63.4 Å². The number of hydrogen-bond acceptors (Lipinski definition) is 10. The molecule has 0 bridgehead atoms. The summed E-state index contributed by atoms with van der Waals surface area (Å²) in [7, 11) is 1.53. The van der Waals surface area contributed by atoms with Gasteiger partial charge in [0.2, 0.25) is 0 Å². The second-order valence-electron chi connectivity index (χ2n) is 24.3. The first-order chi connectivity index (χ1) is 46.6. The van der Waals surface area contributed by atoms with Crippen molar-refractivity contribution in [3.05, 3.63) is 216 Å². The maximum atomic E-state index is 13.1. The first-order valence-corrected chi connectivity index (χ1v) is 33.2. The number of fused-ring (bicyclic) bond motifs is 1. The zero-order valence-electron chi connectivity index (χ0n) is 55.4. The van der Waals surface area contributed by atoms with Gasteiger partial charge in [0, 0.05) is 108 Å². The molecule has 0 aliphatic carbocycles. The number of para-hydroxylation sites is 1. The van der Waals surface area contributed by atoms with Gasteiger partial charge in [0.25, 0.3) is 23.6 Å². The summed E-state index contributed by atoms with van der Waals surface area (Å²) < 4.78 is 16.4. The second-order valence-corrected chi connectivity index (χ2v) is 24.3. The van der Waals surface area contributed by atoms with Crippen molar-refractivity contribution in [3.8, 4) is 34.4 Å². The Labute approximate surface area is 561 Å². The Morgan fingerprint density at radius 1 is 0.490 bits per heavy atom. The maximum Gasteiger partial charge on any atom is 0.319 e. The number of aromatic nitrogens is 2. The second kappa shape index (κ2) is 32.9. The Balaban J connectivity index is 0.000000209. The SMILES string of the molecule is CCNC(=O)c1cc(NC(=O)NC(CC)CC)ccc1Oc1ccc(NC(=O)c2ccc(-n3ccc(CN4CCCCC4)c3)cc2)cc1.CNC(=O)c1cc(NC(=O)NC(C)C)ccc1Oc1ccc(NC(=O)c2ccc(-n3cc(CN4CCCC4)c4ccccc43)cc2)cc1. The molecule has 0 saturated carbocycles. The largest absolute Gasteiger partial charge is 0.457 e. The summed E-state index contributed by atoms with van der Waals surface area (Å²) in [5, 5.41) is 23.7. The molecule has 7 aromatic carbocycles. The van der Waals surface area contributed by atoms with Crippen molar-refractivity contribution in [2.24, 2.45) is 0 Å². The highest BCUT2D eigenvalue weighted by Crippen LogP contribution is 2.33. The van der Waals surface area contributed by atoms with E-state index in [9.17, 15) is 28.8 Å². The molecular weight excluding hydrogens is 1210 g/mol. The molecule has 0 radical (unpaired) electrons. The molecule has 8 N–H and O–H groups in total. The topological polar surface area (TPSA) is 233 Å². The van der Waals surface area contributed by atoms with E-state index in [1.165, 1.54) is 55.7 Å². The molecule has 2 aliphatic heterocycles. The molecule has 9 aromatic rings. The van der Waals surface area contributed by atoms with E-state index < -0.39 is 0 Å². The molecule has 96 heavy (non-hydrogen) atoms. The summed E-state index contributed by atoms with van der Waals surface area (Å²) >= 11 is 0. The molecule has 2 fully saturated rings. The van der Waals surface area contributed by atoms with E-state index in [1.807, 2.05) is 83.1 Å². The number of carbonyl (C=O) groups excluding carboxylic acids is 6. The van der Waals surface area contributed by atoms with E-state index in [1.54, 1.807) is 84.9 Å². The van der Waals surface area contributed by atoms with Crippen LogP contribution in [0.2, 0.25) is 0 Å². The van der Waals surface area contributed by atoms with E-state index in [2.05, 4.69) is 110 Å². The standard InChI is InChI=1S/C38H40N6O4.C38H46N6O4/c1-25(2)40-38(47)42-29-14-19-35(33(22-29)37(46)39-3)48-31-17-12-28(13-18-31)41-36(45)26-10-15-30(16-11-26)44-24-27(23-43-20-6-7-21-43)32-8-4-5-9-34(32)44;1-4-29(5-2)41-38(47)42-31-14-19-35(34(24-31)37(46)39-6-3)48-33-17-12-30(13-18-33)40-36(45)28-10-15-32(16-11-28)44-23-20-27(26-44)25-43-21-8-7-9-22-43/h4-5,8-19,22,24-25H,6-7,20-21,23H2,1-3H3,(H,39,46)(H,41,45)(H2,40,42,47);10-20,23-24,26,29H,4-9,21-22,25H2,1-3H3,(H,39,46)(H,40,45)(H2,41,42,47). The Kier molecular flexibility index (Phi) is 23.4. The average Bonchev–Trinajstić information content (AvgIpc) is 1.62. The first kappa shape index (κ1) is 68.2. The average molecular weight is 1300 g/mol. The van der Waals surface area contributed by atoms with Crippen LogP contribution in [0.1, 0.15) is 132 Å². The van der Waals surface area contributed by atoms with E-state index in [4.69, 9.17) is 9.47 Å². The third kappa shape index (κ3) is 18.4. The summed E-state index contributed by atoms with van der Waals surface area (Å²) in [5.74, 6) is 0.494. The van der Waals surface area contributed by atoms with Crippen molar-refractivity contribution in [2.45, 2.75) is 105 Å². The van der Waals surface area contributed by atoms with Crippen LogP contribution in [-0.4, -0.2) is 106 Å². The molecule has 4 heterocycles. The fraction of sp³-hybridized carbons (Fsp3) is 0.289. The van der Waals surface area contributed by atoms with Gasteiger partial charge in [0.1, 0.15) is 23.0 Å². The van der Waals surface area contributed by atoms with Gasteiger partial charge in [-0.1, -0.05) is 38.5 Å². The molecule has 2 aromatic heterocycles. The highest BCUT2D eigenvalue weighted by molar-refractivity contribution is 6.05. The molecule has 498 valence electrons. The lowest BCUT2D eigenvalue weighted by molar-refractivity contribution is 0.0948. The van der Waals surface area contributed by atoms with Crippen molar-refractivity contribution in [3.63, 3.8) is 0 Å². The van der Waals surface area contributed by atoms with Gasteiger partial charge < -0.3 is 61.1 Å². The summed E-state index contributed by atoms with van der Waals surface area (Å²) in [5.41, 5.74) is 9.52. The molecule has 2 aliphatic rings. The molecule has 2 saturated heterocycles. The van der Waals surface area contributed by atoms with Crippen LogP contribution >= 0.6 is 0 Å². The van der Waals surface area contributed by atoms with Gasteiger partial charge >= 0.3 is 12.1 Å². The van der Waals surface area contributed by atoms with Crippen LogP contribution in [0.3, 0.4) is 0 Å².